The van der Waals surface area contributed by atoms with Crippen LogP contribution in [0.5, 0.6) is 0 Å². The van der Waals surface area contributed by atoms with E-state index in [-0.39, 0.29) is 12.3 Å². The quantitative estimate of drug-likeness (QED) is 0.619. The van der Waals surface area contributed by atoms with E-state index in [0.717, 1.165) is 5.56 Å². The molecule has 0 aliphatic heterocycles. The zero-order valence-corrected chi connectivity index (χ0v) is 16.1. The molecule has 1 unspecified atom stereocenters. The van der Waals surface area contributed by atoms with Crippen molar-refractivity contribution in [1.29, 1.82) is 0 Å². The predicted octanol–water partition coefficient (Wildman–Crippen LogP) is 3.58. The van der Waals surface area contributed by atoms with Gasteiger partial charge in [0.25, 0.3) is 5.91 Å². The molecule has 1 atom stereocenters. The molecule has 1 heterocycles. The maximum Gasteiger partial charge on any atom is 0.308 e. The van der Waals surface area contributed by atoms with Gasteiger partial charge in [-0.2, -0.15) is 0 Å². The van der Waals surface area contributed by atoms with Crippen LogP contribution in [-0.4, -0.2) is 53.3 Å². The third-order valence-corrected chi connectivity index (χ3v) is 4.20. The minimum absolute atomic E-state index is 0.0546. The number of ether oxygens (including phenoxy) is 1. The molecule has 1 amide bonds. The van der Waals surface area contributed by atoms with E-state index in [4.69, 9.17) is 26.0 Å². The monoisotopic (exact) mass is 394 g/mol. The lowest BCUT2D eigenvalue weighted by Crippen LogP contribution is -2.37. The van der Waals surface area contributed by atoms with Crippen LogP contribution in [0.25, 0.3) is 11.3 Å². The summed E-state index contributed by atoms with van der Waals surface area (Å²) >= 11 is 5.98. The molecule has 8 heteroatoms. The van der Waals surface area contributed by atoms with Crippen LogP contribution in [-0.2, 0) is 9.53 Å². The molecule has 7 nitrogen and oxygen atoms in total. The Kier molecular flexibility index (Phi) is 7.82. The summed E-state index contributed by atoms with van der Waals surface area (Å²) in [4.78, 5) is 25.4. The average Bonchev–Trinajstić information content (AvgIpc) is 3.13. The largest absolute Gasteiger partial charge is 0.481 e. The van der Waals surface area contributed by atoms with Crippen molar-refractivity contribution in [3.8, 4) is 11.3 Å². The van der Waals surface area contributed by atoms with Gasteiger partial charge in [-0.05, 0) is 25.5 Å². The molecule has 0 fully saturated rings. The summed E-state index contributed by atoms with van der Waals surface area (Å²) in [6.07, 6.45) is 0.598. The lowest BCUT2D eigenvalue weighted by molar-refractivity contribution is -0.141. The fraction of sp³-hybridized carbons (Fsp3) is 0.421. The Morgan fingerprint density at radius 3 is 2.81 bits per heavy atom. The second kappa shape index (κ2) is 10.1. The van der Waals surface area contributed by atoms with Gasteiger partial charge in [-0.3, -0.25) is 9.59 Å². The number of carbonyl (C=O) groups excluding carboxylic acids is 1. The van der Waals surface area contributed by atoms with Crippen LogP contribution >= 0.6 is 11.6 Å². The van der Waals surface area contributed by atoms with E-state index in [2.05, 4.69) is 5.16 Å². The molecule has 1 N–H and O–H groups in total. The summed E-state index contributed by atoms with van der Waals surface area (Å²) in [6.45, 7) is 4.97. The molecule has 146 valence electrons. The van der Waals surface area contributed by atoms with E-state index < -0.39 is 17.8 Å². The van der Waals surface area contributed by atoms with E-state index in [1.54, 1.807) is 25.1 Å². The third kappa shape index (κ3) is 6.08. The summed E-state index contributed by atoms with van der Waals surface area (Å²) < 4.78 is 10.5. The first-order valence-corrected chi connectivity index (χ1v) is 9.12. The molecule has 2 rings (SSSR count). The van der Waals surface area contributed by atoms with Crippen LogP contribution < -0.4 is 0 Å². The number of aliphatic carboxylic acids is 1. The van der Waals surface area contributed by atoms with Gasteiger partial charge in [-0.1, -0.05) is 35.8 Å². The minimum atomic E-state index is -0.963. The van der Waals surface area contributed by atoms with Crippen molar-refractivity contribution in [2.24, 2.45) is 5.92 Å². The lowest BCUT2D eigenvalue weighted by Gasteiger charge is -2.23. The number of amides is 1. The predicted molar refractivity (Wildman–Crippen MR) is 101 cm³/mol. The standard InChI is InChI=1S/C19H23ClN2O5/c1-3-26-9-5-8-22(12-13(2)19(24)25)18(23)17-11-16(21-27-17)14-6-4-7-15(20)10-14/h4,6-7,10-11,13H,3,5,8-9,12H2,1-2H3,(H,24,25). The minimum Gasteiger partial charge on any atom is -0.481 e. The van der Waals surface area contributed by atoms with Gasteiger partial charge in [0.2, 0.25) is 5.76 Å². The number of rotatable bonds is 10. The van der Waals surface area contributed by atoms with Crippen LogP contribution in [0.4, 0.5) is 0 Å². The van der Waals surface area contributed by atoms with Gasteiger partial charge in [0, 0.05) is 43.0 Å². The number of halogens is 1. The summed E-state index contributed by atoms with van der Waals surface area (Å²) in [5, 5.41) is 13.6. The SMILES string of the molecule is CCOCCCN(CC(C)C(=O)O)C(=O)c1cc(-c2cccc(Cl)c2)no1. The second-order valence-corrected chi connectivity index (χ2v) is 6.56. The summed E-state index contributed by atoms with van der Waals surface area (Å²) in [7, 11) is 0. The first-order chi connectivity index (χ1) is 12.9. The highest BCUT2D eigenvalue weighted by Crippen LogP contribution is 2.23. The molecule has 0 aliphatic carbocycles. The Bertz CT molecular complexity index is 777. The Hall–Kier alpha value is -2.38. The molecule has 0 saturated carbocycles. The Morgan fingerprint density at radius 1 is 1.37 bits per heavy atom. The number of nitrogens with zero attached hydrogens (tertiary/aromatic N) is 2. The van der Waals surface area contributed by atoms with Gasteiger partial charge in [-0.25, -0.2) is 0 Å². The maximum absolute atomic E-state index is 12.8. The van der Waals surface area contributed by atoms with Crippen molar-refractivity contribution < 1.29 is 24.0 Å². The molecule has 1 aromatic carbocycles. The summed E-state index contributed by atoms with van der Waals surface area (Å²) in [5.41, 5.74) is 1.22. The fourth-order valence-corrected chi connectivity index (χ4v) is 2.69. The van der Waals surface area contributed by atoms with Gasteiger partial charge in [0.1, 0.15) is 5.69 Å². The average molecular weight is 395 g/mol. The van der Waals surface area contributed by atoms with Crippen LogP contribution in [0.2, 0.25) is 5.02 Å². The highest BCUT2D eigenvalue weighted by atomic mass is 35.5. The van der Waals surface area contributed by atoms with Gasteiger partial charge in [0.15, 0.2) is 0 Å². The number of hydrogen-bond donors (Lipinski definition) is 1. The van der Waals surface area contributed by atoms with Crippen LogP contribution in [0.1, 0.15) is 30.8 Å². The molecule has 0 aliphatic rings. The van der Waals surface area contributed by atoms with Crippen molar-refractivity contribution in [2.75, 3.05) is 26.3 Å². The number of carboxylic acid groups (broad SMARTS) is 1. The first kappa shape index (κ1) is 20.9. The molecule has 2 aromatic rings. The Labute approximate surface area is 162 Å². The van der Waals surface area contributed by atoms with Crippen LogP contribution in [0, 0.1) is 5.92 Å². The van der Waals surface area contributed by atoms with E-state index in [0.29, 0.717) is 36.9 Å². The van der Waals surface area contributed by atoms with Gasteiger partial charge in [0.05, 0.1) is 5.92 Å². The zero-order chi connectivity index (χ0) is 19.8. The van der Waals surface area contributed by atoms with Gasteiger partial charge < -0.3 is 19.3 Å². The highest BCUT2D eigenvalue weighted by molar-refractivity contribution is 6.30. The molecular formula is C19H23ClN2O5. The molecule has 0 radical (unpaired) electrons. The van der Waals surface area contributed by atoms with E-state index >= 15 is 0 Å². The Balaban J connectivity index is 2.14. The molecule has 0 spiro atoms. The van der Waals surface area contributed by atoms with Crippen molar-refractivity contribution in [3.05, 3.63) is 41.1 Å². The smallest absolute Gasteiger partial charge is 0.308 e. The number of carboxylic acids is 1. The number of hydrogen-bond acceptors (Lipinski definition) is 5. The van der Waals surface area contributed by atoms with Gasteiger partial charge >= 0.3 is 5.97 Å². The Morgan fingerprint density at radius 2 is 2.15 bits per heavy atom. The fourth-order valence-electron chi connectivity index (χ4n) is 2.50. The van der Waals surface area contributed by atoms with Crippen molar-refractivity contribution in [2.45, 2.75) is 20.3 Å². The zero-order valence-electron chi connectivity index (χ0n) is 15.4. The topological polar surface area (TPSA) is 92.9 Å². The van der Waals surface area contributed by atoms with E-state index in [1.807, 2.05) is 13.0 Å². The van der Waals surface area contributed by atoms with E-state index in [1.165, 1.54) is 11.0 Å². The van der Waals surface area contributed by atoms with Crippen molar-refractivity contribution >= 4 is 23.5 Å². The van der Waals surface area contributed by atoms with Crippen LogP contribution in [0.3, 0.4) is 0 Å². The second-order valence-electron chi connectivity index (χ2n) is 6.13. The van der Waals surface area contributed by atoms with Crippen molar-refractivity contribution in [1.82, 2.24) is 10.1 Å². The van der Waals surface area contributed by atoms with E-state index in [9.17, 15) is 9.59 Å². The van der Waals surface area contributed by atoms with Crippen LogP contribution in [0.15, 0.2) is 34.9 Å². The molecule has 0 saturated heterocycles. The molecule has 27 heavy (non-hydrogen) atoms. The number of carbonyl (C=O) groups is 2. The normalized spacial score (nSPS) is 12.0. The molecular weight excluding hydrogens is 372 g/mol. The van der Waals surface area contributed by atoms with Gasteiger partial charge in [-0.15, -0.1) is 0 Å². The number of aromatic nitrogens is 1. The van der Waals surface area contributed by atoms with Crippen molar-refractivity contribution in [3.63, 3.8) is 0 Å². The highest BCUT2D eigenvalue weighted by Gasteiger charge is 2.24. The molecule has 0 bridgehead atoms. The molecule has 1 aromatic heterocycles. The maximum atomic E-state index is 12.8. The lowest BCUT2D eigenvalue weighted by atomic mass is 10.1. The third-order valence-electron chi connectivity index (χ3n) is 3.97. The summed E-state index contributed by atoms with van der Waals surface area (Å²) in [5.74, 6) is -2.01. The first-order valence-electron chi connectivity index (χ1n) is 8.74. The summed E-state index contributed by atoms with van der Waals surface area (Å²) in [6, 6.07) is 8.59. The number of benzene rings is 1.